The first kappa shape index (κ1) is 32.9. The Labute approximate surface area is 270 Å². The van der Waals surface area contributed by atoms with E-state index in [1.165, 1.54) is 10.6 Å². The van der Waals surface area contributed by atoms with Gasteiger partial charge < -0.3 is 29.1 Å². The number of hydrogen-bond acceptors (Lipinski definition) is 6. The van der Waals surface area contributed by atoms with Crippen molar-refractivity contribution >= 4 is 17.9 Å². The van der Waals surface area contributed by atoms with Gasteiger partial charge in [-0.25, -0.2) is 4.79 Å². The molecule has 2 saturated heterocycles. The minimum atomic E-state index is -1.20. The Balaban J connectivity index is 1.29. The molecule has 3 aromatic rings. The summed E-state index contributed by atoms with van der Waals surface area (Å²) in [6.07, 6.45) is 2.87. The van der Waals surface area contributed by atoms with Gasteiger partial charge in [0.05, 0.1) is 17.7 Å². The van der Waals surface area contributed by atoms with Crippen LogP contribution < -0.4 is 5.56 Å². The Morgan fingerprint density at radius 1 is 0.826 bits per heavy atom. The molecule has 2 fully saturated rings. The number of nitrogens with zero attached hydrogens (tertiary/aromatic N) is 4. The van der Waals surface area contributed by atoms with Crippen molar-refractivity contribution in [3.63, 3.8) is 0 Å². The van der Waals surface area contributed by atoms with Crippen LogP contribution in [0.5, 0.6) is 0 Å². The van der Waals surface area contributed by atoms with E-state index in [2.05, 4.69) is 0 Å². The summed E-state index contributed by atoms with van der Waals surface area (Å²) in [6.45, 7) is 7.57. The third-order valence-corrected chi connectivity index (χ3v) is 8.64. The van der Waals surface area contributed by atoms with E-state index in [4.69, 9.17) is 4.74 Å². The summed E-state index contributed by atoms with van der Waals surface area (Å²) < 4.78 is 6.92. The Morgan fingerprint density at radius 3 is 2.02 bits per heavy atom. The standard InChI is InChI=1S/C36H44N4O6/c1-35(2,3)46-34(44)39-22-20-38(21-23-39)33(43)30-25-40(32(42)24-29(30)28-12-8-5-9-13-28)26-36(45)16-18-37(19-17-36)31(41)15-14-27-10-6-4-7-11-27/h4-13,24-25,45H,14-23,26H2,1-3H3. The van der Waals surface area contributed by atoms with Crippen LogP contribution >= 0.6 is 0 Å². The van der Waals surface area contributed by atoms with Crippen LogP contribution in [0.25, 0.3) is 11.1 Å². The average Bonchev–Trinajstić information content (AvgIpc) is 3.04. The number of piperidine rings is 1. The van der Waals surface area contributed by atoms with Gasteiger partial charge >= 0.3 is 6.09 Å². The number of carbonyl (C=O) groups excluding carboxylic acids is 3. The van der Waals surface area contributed by atoms with Gasteiger partial charge in [0.2, 0.25) is 5.91 Å². The van der Waals surface area contributed by atoms with Crippen molar-refractivity contribution in [1.82, 2.24) is 19.3 Å². The zero-order valence-electron chi connectivity index (χ0n) is 27.0. The molecule has 0 bridgehead atoms. The maximum atomic E-state index is 14.0. The van der Waals surface area contributed by atoms with Crippen molar-refractivity contribution < 1.29 is 24.2 Å². The van der Waals surface area contributed by atoms with Crippen LogP contribution in [-0.4, -0.2) is 92.8 Å². The fraction of sp³-hybridized carbons (Fsp3) is 0.444. The van der Waals surface area contributed by atoms with Gasteiger partial charge in [0.25, 0.3) is 11.5 Å². The van der Waals surface area contributed by atoms with E-state index in [-0.39, 0.29) is 23.9 Å². The number of pyridine rings is 1. The topological polar surface area (TPSA) is 112 Å². The zero-order valence-corrected chi connectivity index (χ0v) is 27.0. The molecule has 0 radical (unpaired) electrons. The molecule has 0 atom stereocenters. The van der Waals surface area contributed by atoms with Crippen LogP contribution in [0, 0.1) is 0 Å². The highest BCUT2D eigenvalue weighted by molar-refractivity contribution is 6.00. The van der Waals surface area contributed by atoms with Gasteiger partial charge in [-0.05, 0) is 51.2 Å². The van der Waals surface area contributed by atoms with Crippen molar-refractivity contribution in [3.05, 3.63) is 94.4 Å². The van der Waals surface area contributed by atoms with E-state index in [0.29, 0.717) is 76.1 Å². The lowest BCUT2D eigenvalue weighted by Crippen LogP contribution is -2.52. The van der Waals surface area contributed by atoms with Gasteiger partial charge in [0, 0.05) is 63.5 Å². The quantitative estimate of drug-likeness (QED) is 0.420. The molecule has 0 unspecified atom stereocenters. The minimum Gasteiger partial charge on any atom is -0.444 e. The molecule has 1 N–H and O–H groups in total. The maximum absolute atomic E-state index is 14.0. The summed E-state index contributed by atoms with van der Waals surface area (Å²) in [4.78, 5) is 57.9. The van der Waals surface area contributed by atoms with E-state index in [9.17, 15) is 24.3 Å². The third-order valence-electron chi connectivity index (χ3n) is 8.64. The van der Waals surface area contributed by atoms with Gasteiger partial charge in [-0.2, -0.15) is 0 Å². The first-order valence-corrected chi connectivity index (χ1v) is 16.0. The number of hydrogen-bond donors (Lipinski definition) is 1. The lowest BCUT2D eigenvalue weighted by molar-refractivity contribution is -0.135. The maximum Gasteiger partial charge on any atom is 0.410 e. The average molecular weight is 629 g/mol. The Kier molecular flexibility index (Phi) is 9.96. The van der Waals surface area contributed by atoms with E-state index < -0.39 is 17.3 Å². The molecule has 2 aromatic carbocycles. The number of benzene rings is 2. The molecular formula is C36H44N4O6. The number of ether oxygens (including phenoxy) is 1. The van der Waals surface area contributed by atoms with Crippen molar-refractivity contribution in [2.45, 2.75) is 64.2 Å². The van der Waals surface area contributed by atoms with E-state index in [1.54, 1.807) is 20.9 Å². The number of aliphatic hydroxyl groups is 1. The first-order chi connectivity index (χ1) is 21.9. The smallest absolute Gasteiger partial charge is 0.410 e. The predicted octanol–water partition coefficient (Wildman–Crippen LogP) is 4.19. The first-order valence-electron chi connectivity index (χ1n) is 16.0. The SMILES string of the molecule is CC(C)(C)OC(=O)N1CCN(C(=O)c2cn(CC3(O)CCN(C(=O)CCc4ccccc4)CC3)c(=O)cc2-c2ccccc2)CC1. The summed E-state index contributed by atoms with van der Waals surface area (Å²) in [5.41, 5.74) is 0.594. The summed E-state index contributed by atoms with van der Waals surface area (Å²) in [6, 6.07) is 20.6. The summed E-state index contributed by atoms with van der Waals surface area (Å²) >= 11 is 0. The molecule has 3 amide bonds. The van der Waals surface area contributed by atoms with Gasteiger partial charge in [-0.1, -0.05) is 60.7 Å². The summed E-state index contributed by atoms with van der Waals surface area (Å²) in [7, 11) is 0. The Bertz CT molecular complexity index is 1580. The van der Waals surface area contributed by atoms with Crippen molar-refractivity contribution in [2.75, 3.05) is 39.3 Å². The van der Waals surface area contributed by atoms with Crippen LogP contribution in [0.4, 0.5) is 4.79 Å². The van der Waals surface area contributed by atoms with E-state index >= 15 is 0 Å². The van der Waals surface area contributed by atoms with Gasteiger partial charge in [-0.15, -0.1) is 0 Å². The molecule has 10 nitrogen and oxygen atoms in total. The molecule has 3 heterocycles. The van der Waals surface area contributed by atoms with Crippen LogP contribution in [0.1, 0.15) is 56.0 Å². The Morgan fingerprint density at radius 2 is 1.41 bits per heavy atom. The lowest BCUT2D eigenvalue weighted by atomic mass is 9.90. The number of amides is 3. The lowest BCUT2D eigenvalue weighted by Gasteiger charge is -2.38. The van der Waals surface area contributed by atoms with E-state index in [1.807, 2.05) is 81.4 Å². The molecule has 0 saturated carbocycles. The molecule has 244 valence electrons. The molecule has 5 rings (SSSR count). The normalized spacial score (nSPS) is 16.7. The Hall–Kier alpha value is -4.44. The molecule has 0 spiro atoms. The van der Waals surface area contributed by atoms with Crippen LogP contribution in [-0.2, 0) is 22.5 Å². The molecule has 2 aliphatic heterocycles. The number of rotatable bonds is 7. The summed E-state index contributed by atoms with van der Waals surface area (Å²) in [5, 5.41) is 11.5. The predicted molar refractivity (Wildman–Crippen MR) is 175 cm³/mol. The third kappa shape index (κ3) is 8.23. The van der Waals surface area contributed by atoms with Crippen molar-refractivity contribution in [2.24, 2.45) is 0 Å². The largest absolute Gasteiger partial charge is 0.444 e. The molecule has 1 aromatic heterocycles. The molecule has 46 heavy (non-hydrogen) atoms. The van der Waals surface area contributed by atoms with Crippen LogP contribution in [0.3, 0.4) is 0 Å². The second kappa shape index (κ2) is 13.9. The summed E-state index contributed by atoms with van der Waals surface area (Å²) in [5.74, 6) is -0.197. The highest BCUT2D eigenvalue weighted by atomic mass is 16.6. The second-order valence-corrected chi connectivity index (χ2v) is 13.3. The van der Waals surface area contributed by atoms with Gasteiger partial charge in [-0.3, -0.25) is 14.4 Å². The highest BCUT2D eigenvalue weighted by Gasteiger charge is 2.35. The zero-order chi connectivity index (χ0) is 32.9. The van der Waals surface area contributed by atoms with Crippen molar-refractivity contribution in [3.8, 4) is 11.1 Å². The monoisotopic (exact) mass is 628 g/mol. The molecule has 0 aliphatic carbocycles. The molecule has 2 aliphatic rings. The van der Waals surface area contributed by atoms with Crippen LogP contribution in [0.2, 0.25) is 0 Å². The fourth-order valence-electron chi connectivity index (χ4n) is 6.01. The van der Waals surface area contributed by atoms with Crippen LogP contribution in [0.15, 0.2) is 77.7 Å². The number of piperazine rings is 1. The molecular weight excluding hydrogens is 584 g/mol. The highest BCUT2D eigenvalue weighted by Crippen LogP contribution is 2.28. The minimum absolute atomic E-state index is 0.0135. The number of aryl methyl sites for hydroxylation is 1. The van der Waals surface area contributed by atoms with Gasteiger partial charge in [0.15, 0.2) is 0 Å². The van der Waals surface area contributed by atoms with Gasteiger partial charge in [0.1, 0.15) is 5.60 Å². The molecule has 10 heteroatoms. The fourth-order valence-corrected chi connectivity index (χ4v) is 6.01. The number of aromatic nitrogens is 1. The number of carbonyl (C=O) groups is 3. The second-order valence-electron chi connectivity index (χ2n) is 13.3. The number of likely N-dealkylation sites (tertiary alicyclic amines) is 1. The van der Waals surface area contributed by atoms with Crippen molar-refractivity contribution in [1.29, 1.82) is 0 Å². The van der Waals surface area contributed by atoms with E-state index in [0.717, 1.165) is 11.1 Å².